The number of hydrogen-bond acceptors (Lipinski definition) is 5. The van der Waals surface area contributed by atoms with E-state index < -0.39 is 9.84 Å². The molecule has 0 aromatic heterocycles. The van der Waals surface area contributed by atoms with Crippen LogP contribution in [0, 0.1) is 5.41 Å². The summed E-state index contributed by atoms with van der Waals surface area (Å²) in [6.07, 6.45) is 3.89. The second kappa shape index (κ2) is 7.43. The Morgan fingerprint density at radius 2 is 2.00 bits per heavy atom. The van der Waals surface area contributed by atoms with E-state index in [0.717, 1.165) is 45.6 Å². The maximum absolute atomic E-state index is 11.3. The molecule has 18 heavy (non-hydrogen) atoms. The zero-order valence-corrected chi connectivity index (χ0v) is 12.2. The Kier molecular flexibility index (Phi) is 6.55. The SMILES string of the molecule is COCCNCC1(CCS(C)(=O)=O)CCOCC1. The summed E-state index contributed by atoms with van der Waals surface area (Å²) in [6.45, 7) is 3.79. The zero-order valence-electron chi connectivity index (χ0n) is 11.4. The lowest BCUT2D eigenvalue weighted by Gasteiger charge is -2.37. The van der Waals surface area contributed by atoms with Crippen LogP contribution in [0.1, 0.15) is 19.3 Å². The fourth-order valence-corrected chi connectivity index (χ4v) is 3.05. The average molecular weight is 279 g/mol. The average Bonchev–Trinajstić information content (AvgIpc) is 2.33. The summed E-state index contributed by atoms with van der Waals surface area (Å²) in [5, 5.41) is 3.36. The van der Waals surface area contributed by atoms with Crippen LogP contribution in [0.3, 0.4) is 0 Å². The van der Waals surface area contributed by atoms with Gasteiger partial charge in [-0.05, 0) is 24.7 Å². The molecule has 0 aliphatic carbocycles. The number of rotatable bonds is 8. The number of ether oxygens (including phenoxy) is 2. The van der Waals surface area contributed by atoms with Crippen molar-refractivity contribution in [2.45, 2.75) is 19.3 Å². The predicted molar refractivity (Wildman–Crippen MR) is 71.6 cm³/mol. The van der Waals surface area contributed by atoms with Crippen molar-refractivity contribution in [3.05, 3.63) is 0 Å². The summed E-state index contributed by atoms with van der Waals surface area (Å²) in [7, 11) is -1.21. The van der Waals surface area contributed by atoms with Crippen molar-refractivity contribution in [3.63, 3.8) is 0 Å². The maximum atomic E-state index is 11.3. The van der Waals surface area contributed by atoms with Gasteiger partial charge in [-0.15, -0.1) is 0 Å². The topological polar surface area (TPSA) is 64.6 Å². The number of nitrogens with one attached hydrogen (secondary N) is 1. The minimum Gasteiger partial charge on any atom is -0.383 e. The van der Waals surface area contributed by atoms with Crippen molar-refractivity contribution in [1.29, 1.82) is 0 Å². The second-order valence-corrected chi connectivity index (χ2v) is 7.42. The molecule has 5 nitrogen and oxygen atoms in total. The Balaban J connectivity index is 2.46. The highest BCUT2D eigenvalue weighted by molar-refractivity contribution is 7.90. The fraction of sp³-hybridized carbons (Fsp3) is 1.00. The van der Waals surface area contributed by atoms with Crippen molar-refractivity contribution < 1.29 is 17.9 Å². The summed E-state index contributed by atoms with van der Waals surface area (Å²) >= 11 is 0. The monoisotopic (exact) mass is 279 g/mol. The summed E-state index contributed by atoms with van der Waals surface area (Å²) < 4.78 is 33.0. The van der Waals surface area contributed by atoms with Gasteiger partial charge in [0.2, 0.25) is 0 Å². The van der Waals surface area contributed by atoms with Gasteiger partial charge in [-0.3, -0.25) is 0 Å². The molecular formula is C12H25NO4S. The first kappa shape index (κ1) is 15.9. The van der Waals surface area contributed by atoms with Crippen LogP contribution in [-0.4, -0.2) is 60.4 Å². The Morgan fingerprint density at radius 3 is 2.56 bits per heavy atom. The number of methoxy groups -OCH3 is 1. The molecule has 1 fully saturated rings. The van der Waals surface area contributed by atoms with Gasteiger partial charge in [-0.25, -0.2) is 8.42 Å². The molecule has 1 N–H and O–H groups in total. The van der Waals surface area contributed by atoms with Crippen LogP contribution in [0.15, 0.2) is 0 Å². The van der Waals surface area contributed by atoms with Crippen LogP contribution in [-0.2, 0) is 19.3 Å². The molecule has 0 radical (unpaired) electrons. The van der Waals surface area contributed by atoms with Gasteiger partial charge in [0, 0.05) is 39.7 Å². The van der Waals surface area contributed by atoms with Crippen LogP contribution in [0.2, 0.25) is 0 Å². The Labute approximate surface area is 110 Å². The van der Waals surface area contributed by atoms with E-state index in [-0.39, 0.29) is 11.2 Å². The van der Waals surface area contributed by atoms with Crippen molar-refractivity contribution in [1.82, 2.24) is 5.32 Å². The van der Waals surface area contributed by atoms with Gasteiger partial charge in [0.25, 0.3) is 0 Å². The number of hydrogen-bond donors (Lipinski definition) is 1. The molecule has 6 heteroatoms. The molecule has 1 rings (SSSR count). The van der Waals surface area contributed by atoms with Crippen molar-refractivity contribution in [2.75, 3.05) is 52.0 Å². The van der Waals surface area contributed by atoms with E-state index in [0.29, 0.717) is 6.61 Å². The Morgan fingerprint density at radius 1 is 1.33 bits per heavy atom. The minimum atomic E-state index is -2.89. The normalized spacial score (nSPS) is 19.9. The predicted octanol–water partition coefficient (Wildman–Crippen LogP) is 0.454. The molecule has 1 aliphatic rings. The van der Waals surface area contributed by atoms with E-state index in [1.807, 2.05) is 0 Å². The molecule has 0 unspecified atom stereocenters. The highest BCUT2D eigenvalue weighted by Crippen LogP contribution is 2.33. The first-order valence-corrected chi connectivity index (χ1v) is 8.49. The van der Waals surface area contributed by atoms with Crippen LogP contribution < -0.4 is 5.32 Å². The van der Waals surface area contributed by atoms with Gasteiger partial charge >= 0.3 is 0 Å². The third-order valence-electron chi connectivity index (χ3n) is 3.54. The third-order valence-corrected chi connectivity index (χ3v) is 4.49. The molecule has 108 valence electrons. The smallest absolute Gasteiger partial charge is 0.147 e. The van der Waals surface area contributed by atoms with Crippen LogP contribution in [0.5, 0.6) is 0 Å². The second-order valence-electron chi connectivity index (χ2n) is 5.16. The van der Waals surface area contributed by atoms with Crippen molar-refractivity contribution in [3.8, 4) is 0 Å². The van der Waals surface area contributed by atoms with E-state index in [1.54, 1.807) is 7.11 Å². The Hall–Kier alpha value is -0.170. The lowest BCUT2D eigenvalue weighted by atomic mass is 9.78. The van der Waals surface area contributed by atoms with E-state index in [2.05, 4.69) is 5.32 Å². The first-order chi connectivity index (χ1) is 8.47. The standard InChI is InChI=1S/C12H25NO4S/c1-16-9-6-13-11-12(3-7-17-8-4-12)5-10-18(2,14)15/h13H,3-11H2,1-2H3. The van der Waals surface area contributed by atoms with E-state index in [1.165, 1.54) is 6.26 Å². The van der Waals surface area contributed by atoms with Gasteiger partial charge in [0.1, 0.15) is 9.84 Å². The molecule has 0 bridgehead atoms. The highest BCUT2D eigenvalue weighted by atomic mass is 32.2. The van der Waals surface area contributed by atoms with Crippen molar-refractivity contribution >= 4 is 9.84 Å². The minimum absolute atomic E-state index is 0.0646. The molecule has 0 aromatic rings. The summed E-state index contributed by atoms with van der Waals surface area (Å²) in [6, 6.07) is 0. The van der Waals surface area contributed by atoms with E-state index >= 15 is 0 Å². The molecule has 1 aliphatic heterocycles. The molecular weight excluding hydrogens is 254 g/mol. The fourth-order valence-electron chi connectivity index (χ4n) is 2.25. The van der Waals surface area contributed by atoms with Gasteiger partial charge in [0.05, 0.1) is 12.4 Å². The molecule has 1 saturated heterocycles. The summed E-state index contributed by atoms with van der Waals surface area (Å²) in [4.78, 5) is 0. The lowest BCUT2D eigenvalue weighted by molar-refractivity contribution is 0.0126. The van der Waals surface area contributed by atoms with Gasteiger partial charge in [-0.1, -0.05) is 0 Å². The summed E-state index contributed by atoms with van der Waals surface area (Å²) in [5.74, 6) is 0.263. The summed E-state index contributed by atoms with van der Waals surface area (Å²) in [5.41, 5.74) is 0.0646. The van der Waals surface area contributed by atoms with E-state index in [4.69, 9.17) is 9.47 Å². The molecule has 1 heterocycles. The van der Waals surface area contributed by atoms with Crippen molar-refractivity contribution in [2.24, 2.45) is 5.41 Å². The van der Waals surface area contributed by atoms with E-state index in [9.17, 15) is 8.42 Å². The van der Waals surface area contributed by atoms with Crippen LogP contribution in [0.25, 0.3) is 0 Å². The highest BCUT2D eigenvalue weighted by Gasteiger charge is 2.32. The zero-order chi connectivity index (χ0) is 13.5. The molecule has 0 spiro atoms. The van der Waals surface area contributed by atoms with Crippen LogP contribution >= 0.6 is 0 Å². The van der Waals surface area contributed by atoms with Gasteiger partial charge < -0.3 is 14.8 Å². The van der Waals surface area contributed by atoms with Gasteiger partial charge in [-0.2, -0.15) is 0 Å². The molecule has 0 aromatic carbocycles. The molecule has 0 atom stereocenters. The quantitative estimate of drug-likeness (QED) is 0.654. The largest absolute Gasteiger partial charge is 0.383 e. The lowest BCUT2D eigenvalue weighted by Crippen LogP contribution is -2.41. The molecule has 0 saturated carbocycles. The Bertz CT molecular complexity index is 323. The third kappa shape index (κ3) is 6.13. The maximum Gasteiger partial charge on any atom is 0.147 e. The number of sulfone groups is 1. The van der Waals surface area contributed by atoms with Crippen LogP contribution in [0.4, 0.5) is 0 Å². The molecule has 0 amide bonds. The first-order valence-electron chi connectivity index (χ1n) is 6.43. The van der Waals surface area contributed by atoms with Gasteiger partial charge in [0.15, 0.2) is 0 Å².